The Morgan fingerprint density at radius 2 is 1.94 bits per heavy atom. The number of carboxylic acids is 1. The standard InChI is InChI=1S/C26H29FN4O3/c1-17(19-10-11-20(22(27)14-19)18-8-4-2-5-9-18)25-21(15-24(32)33)23(34-30-25)16-29-26(28)31-12-6-3-7-13-31/h2,4-5,8-11,14,17H,3,6-7,12-13,15-16H2,1H3,(H2,28,29)(H,32,33). The predicted octanol–water partition coefficient (Wildman–Crippen LogP) is 4.56. The molecule has 34 heavy (non-hydrogen) atoms. The molecular formula is C26H29FN4O3. The van der Waals surface area contributed by atoms with Gasteiger partial charge in [0.2, 0.25) is 0 Å². The molecule has 1 aliphatic rings. The molecule has 178 valence electrons. The van der Waals surface area contributed by atoms with Gasteiger partial charge in [0.15, 0.2) is 11.7 Å². The molecule has 4 rings (SSSR count). The highest BCUT2D eigenvalue weighted by atomic mass is 19.1. The molecule has 0 amide bonds. The SMILES string of the molecule is CC(c1ccc(-c2ccccc2)c(F)c1)c1noc(CN=C(N)N2CCCCC2)c1CC(=O)O. The van der Waals surface area contributed by atoms with E-state index in [-0.39, 0.29) is 24.7 Å². The van der Waals surface area contributed by atoms with Crippen LogP contribution in [-0.4, -0.2) is 40.2 Å². The van der Waals surface area contributed by atoms with Crippen LogP contribution >= 0.6 is 0 Å². The molecule has 3 N–H and O–H groups in total. The molecular weight excluding hydrogens is 435 g/mol. The van der Waals surface area contributed by atoms with Gasteiger partial charge >= 0.3 is 5.97 Å². The zero-order chi connectivity index (χ0) is 24.1. The van der Waals surface area contributed by atoms with E-state index >= 15 is 0 Å². The monoisotopic (exact) mass is 464 g/mol. The van der Waals surface area contributed by atoms with Crippen molar-refractivity contribution in [3.05, 3.63) is 76.9 Å². The van der Waals surface area contributed by atoms with Gasteiger partial charge in [-0.05, 0) is 36.5 Å². The number of carbonyl (C=O) groups is 1. The van der Waals surface area contributed by atoms with Crippen LogP contribution in [0.3, 0.4) is 0 Å². The number of nitrogens with zero attached hydrogens (tertiary/aromatic N) is 3. The highest BCUT2D eigenvalue weighted by Gasteiger charge is 2.25. The number of aromatic nitrogens is 1. The summed E-state index contributed by atoms with van der Waals surface area (Å²) in [5, 5.41) is 13.6. The summed E-state index contributed by atoms with van der Waals surface area (Å²) in [6.45, 7) is 3.68. The second-order valence-corrected chi connectivity index (χ2v) is 8.59. The van der Waals surface area contributed by atoms with Crippen molar-refractivity contribution in [1.29, 1.82) is 0 Å². The third-order valence-electron chi connectivity index (χ3n) is 6.28. The molecule has 2 heterocycles. The second-order valence-electron chi connectivity index (χ2n) is 8.59. The lowest BCUT2D eigenvalue weighted by atomic mass is 9.91. The smallest absolute Gasteiger partial charge is 0.308 e. The Bertz CT molecular complexity index is 1170. The van der Waals surface area contributed by atoms with Gasteiger partial charge in [0.1, 0.15) is 12.4 Å². The summed E-state index contributed by atoms with van der Waals surface area (Å²) in [5.74, 6) is -0.930. The number of halogens is 1. The molecule has 7 nitrogen and oxygen atoms in total. The number of rotatable bonds is 7. The number of hydrogen-bond acceptors (Lipinski definition) is 4. The summed E-state index contributed by atoms with van der Waals surface area (Å²) in [7, 11) is 0. The van der Waals surface area contributed by atoms with E-state index in [0.717, 1.165) is 31.5 Å². The Hall–Kier alpha value is -3.68. The van der Waals surface area contributed by atoms with Crippen LogP contribution in [0.4, 0.5) is 4.39 Å². The van der Waals surface area contributed by atoms with E-state index in [1.54, 1.807) is 6.07 Å². The topological polar surface area (TPSA) is 105 Å². The fourth-order valence-corrected chi connectivity index (χ4v) is 4.35. The molecule has 1 atom stereocenters. The van der Waals surface area contributed by atoms with Crippen molar-refractivity contribution in [3.8, 4) is 11.1 Å². The Labute approximate surface area is 198 Å². The second kappa shape index (κ2) is 10.5. The molecule has 2 aromatic carbocycles. The first-order chi connectivity index (χ1) is 16.4. The molecule has 8 heteroatoms. The number of carboxylic acid groups (broad SMARTS) is 1. The predicted molar refractivity (Wildman–Crippen MR) is 128 cm³/mol. The van der Waals surface area contributed by atoms with Crippen LogP contribution in [0, 0.1) is 5.82 Å². The average molecular weight is 465 g/mol. The number of aliphatic carboxylic acids is 1. The summed E-state index contributed by atoms with van der Waals surface area (Å²) >= 11 is 0. The van der Waals surface area contributed by atoms with Gasteiger partial charge in [0, 0.05) is 30.1 Å². The molecule has 1 aromatic heterocycles. The van der Waals surface area contributed by atoms with Gasteiger partial charge in [-0.3, -0.25) is 4.79 Å². The molecule has 0 aliphatic carbocycles. The summed E-state index contributed by atoms with van der Waals surface area (Å²) < 4.78 is 20.5. The van der Waals surface area contributed by atoms with E-state index in [1.165, 1.54) is 12.5 Å². The van der Waals surface area contributed by atoms with E-state index < -0.39 is 5.97 Å². The maximum Gasteiger partial charge on any atom is 0.308 e. The molecule has 0 bridgehead atoms. The Morgan fingerprint density at radius 1 is 1.21 bits per heavy atom. The third-order valence-corrected chi connectivity index (χ3v) is 6.28. The van der Waals surface area contributed by atoms with Crippen molar-refractivity contribution < 1.29 is 18.8 Å². The molecule has 3 aromatic rings. The van der Waals surface area contributed by atoms with Crippen LogP contribution in [0.25, 0.3) is 11.1 Å². The number of aliphatic imine (C=N–C) groups is 1. The first kappa shape index (κ1) is 23.5. The minimum Gasteiger partial charge on any atom is -0.481 e. The Morgan fingerprint density at radius 3 is 2.62 bits per heavy atom. The van der Waals surface area contributed by atoms with Gasteiger partial charge in [-0.1, -0.05) is 54.5 Å². The zero-order valence-electron chi connectivity index (χ0n) is 19.2. The first-order valence-corrected chi connectivity index (χ1v) is 11.5. The van der Waals surface area contributed by atoms with Crippen LogP contribution < -0.4 is 5.73 Å². The van der Waals surface area contributed by atoms with Crippen LogP contribution in [0.2, 0.25) is 0 Å². The maximum atomic E-state index is 14.9. The van der Waals surface area contributed by atoms with E-state index in [4.69, 9.17) is 10.3 Å². The number of nitrogens with two attached hydrogens (primary N) is 1. The van der Waals surface area contributed by atoms with Crippen LogP contribution in [-0.2, 0) is 17.8 Å². The highest BCUT2D eigenvalue weighted by Crippen LogP contribution is 2.32. The van der Waals surface area contributed by atoms with Gasteiger partial charge in [0.05, 0.1) is 12.1 Å². The summed E-state index contributed by atoms with van der Waals surface area (Å²) in [5.41, 5.74) is 9.05. The van der Waals surface area contributed by atoms with E-state index in [1.807, 2.05) is 48.2 Å². The van der Waals surface area contributed by atoms with Crippen molar-refractivity contribution in [2.45, 2.75) is 45.1 Å². The fourth-order valence-electron chi connectivity index (χ4n) is 4.35. The minimum atomic E-state index is -1.00. The quantitative estimate of drug-likeness (QED) is 0.392. The molecule has 1 unspecified atom stereocenters. The minimum absolute atomic E-state index is 0.103. The molecule has 1 saturated heterocycles. The lowest BCUT2D eigenvalue weighted by molar-refractivity contribution is -0.136. The lowest BCUT2D eigenvalue weighted by Crippen LogP contribution is -2.40. The normalized spacial score (nSPS) is 15.4. The van der Waals surface area contributed by atoms with Crippen molar-refractivity contribution in [3.63, 3.8) is 0 Å². The number of likely N-dealkylation sites (tertiary alicyclic amines) is 1. The van der Waals surface area contributed by atoms with E-state index in [9.17, 15) is 14.3 Å². The molecule has 0 spiro atoms. The molecule has 0 saturated carbocycles. The van der Waals surface area contributed by atoms with E-state index in [2.05, 4.69) is 10.1 Å². The number of guanidine groups is 1. The maximum absolute atomic E-state index is 14.9. The van der Waals surface area contributed by atoms with Crippen molar-refractivity contribution in [1.82, 2.24) is 10.1 Å². The number of hydrogen-bond donors (Lipinski definition) is 2. The molecule has 1 aliphatic heterocycles. The first-order valence-electron chi connectivity index (χ1n) is 11.5. The van der Waals surface area contributed by atoms with Crippen LogP contribution in [0.5, 0.6) is 0 Å². The average Bonchev–Trinajstić information content (AvgIpc) is 3.24. The van der Waals surface area contributed by atoms with Crippen LogP contribution in [0.1, 0.15) is 54.7 Å². The van der Waals surface area contributed by atoms with Crippen molar-refractivity contribution in [2.24, 2.45) is 10.7 Å². The largest absolute Gasteiger partial charge is 0.481 e. The Balaban J connectivity index is 1.59. The van der Waals surface area contributed by atoms with Crippen molar-refractivity contribution >= 4 is 11.9 Å². The van der Waals surface area contributed by atoms with Crippen molar-refractivity contribution in [2.75, 3.05) is 13.1 Å². The summed E-state index contributed by atoms with van der Waals surface area (Å²) in [6.07, 6.45) is 3.07. The summed E-state index contributed by atoms with van der Waals surface area (Å²) in [6, 6.07) is 14.4. The third kappa shape index (κ3) is 5.27. The molecule has 1 fully saturated rings. The fraction of sp³-hybridized carbons (Fsp3) is 0.346. The molecule has 0 radical (unpaired) electrons. The van der Waals surface area contributed by atoms with Gasteiger partial charge in [-0.2, -0.15) is 0 Å². The van der Waals surface area contributed by atoms with Gasteiger partial charge in [-0.25, -0.2) is 9.38 Å². The lowest BCUT2D eigenvalue weighted by Gasteiger charge is -2.27. The Kier molecular flexibility index (Phi) is 7.25. The zero-order valence-corrected chi connectivity index (χ0v) is 19.2. The van der Waals surface area contributed by atoms with Gasteiger partial charge < -0.3 is 20.3 Å². The summed E-state index contributed by atoms with van der Waals surface area (Å²) in [4.78, 5) is 18.0. The van der Waals surface area contributed by atoms with E-state index in [0.29, 0.717) is 34.1 Å². The van der Waals surface area contributed by atoms with Gasteiger partial charge in [0.25, 0.3) is 0 Å². The highest BCUT2D eigenvalue weighted by molar-refractivity contribution is 5.78. The number of piperidine rings is 1. The van der Waals surface area contributed by atoms with Gasteiger partial charge in [-0.15, -0.1) is 0 Å². The van der Waals surface area contributed by atoms with Crippen LogP contribution in [0.15, 0.2) is 58.0 Å². The number of benzene rings is 2.